The third-order valence-electron chi connectivity index (χ3n) is 4.14. The van der Waals surface area contributed by atoms with Crippen molar-refractivity contribution < 1.29 is 0 Å². The maximum Gasteiger partial charge on any atom is 0.146 e. The lowest BCUT2D eigenvalue weighted by Crippen LogP contribution is -2.14. The summed E-state index contributed by atoms with van der Waals surface area (Å²) in [6.45, 7) is 2.10. The van der Waals surface area contributed by atoms with Crippen molar-refractivity contribution in [3.8, 4) is 0 Å². The zero-order valence-corrected chi connectivity index (χ0v) is 15.7. The van der Waals surface area contributed by atoms with E-state index < -0.39 is 0 Å². The van der Waals surface area contributed by atoms with Crippen LogP contribution in [0.2, 0.25) is 0 Å². The Morgan fingerprint density at radius 1 is 1.20 bits per heavy atom. The Morgan fingerprint density at radius 2 is 2.04 bits per heavy atom. The molecule has 1 aromatic carbocycles. The number of anilines is 1. The molecule has 2 aromatic heterocycles. The molecule has 0 amide bonds. The monoisotopic (exact) mass is 368 g/mol. The van der Waals surface area contributed by atoms with Crippen LogP contribution in [0.4, 0.5) is 5.82 Å². The summed E-state index contributed by atoms with van der Waals surface area (Å²) in [6.07, 6.45) is 8.11. The second-order valence-electron chi connectivity index (χ2n) is 6.29. The molecule has 1 atom stereocenters. The number of aromatic nitrogens is 3. The molecule has 1 aliphatic carbocycles. The maximum atomic E-state index is 4.74. The van der Waals surface area contributed by atoms with Crippen LogP contribution in [0, 0.1) is 12.8 Å². The van der Waals surface area contributed by atoms with Gasteiger partial charge in [0.2, 0.25) is 0 Å². The van der Waals surface area contributed by atoms with Crippen molar-refractivity contribution in [2.45, 2.75) is 36.6 Å². The van der Waals surface area contributed by atoms with E-state index in [-0.39, 0.29) is 6.04 Å². The van der Waals surface area contributed by atoms with Crippen LogP contribution in [0.15, 0.2) is 53.9 Å². The van der Waals surface area contributed by atoms with Crippen LogP contribution < -0.4 is 5.32 Å². The second kappa shape index (κ2) is 7.54. The first kappa shape index (κ1) is 16.5. The van der Waals surface area contributed by atoms with Crippen LogP contribution in [0.3, 0.4) is 0 Å². The van der Waals surface area contributed by atoms with E-state index in [0.717, 1.165) is 21.6 Å². The number of thioether (sulfide) groups is 1. The molecule has 0 saturated heterocycles. The topological polar surface area (TPSA) is 50.7 Å². The SMILES string of the molecule is Cc1cnc(C(Nc2cncc(SCc3ccccc3)n2)C2CC2)s1. The summed E-state index contributed by atoms with van der Waals surface area (Å²) < 4.78 is 0. The highest BCUT2D eigenvalue weighted by Crippen LogP contribution is 2.43. The lowest BCUT2D eigenvalue weighted by molar-refractivity contribution is 0.668. The molecule has 0 aliphatic heterocycles. The normalized spacial score (nSPS) is 15.1. The molecule has 6 heteroatoms. The van der Waals surface area contributed by atoms with Gasteiger partial charge in [0, 0.05) is 16.8 Å². The number of benzene rings is 1. The molecule has 1 unspecified atom stereocenters. The molecule has 1 N–H and O–H groups in total. The third-order valence-corrected chi connectivity index (χ3v) is 6.11. The van der Waals surface area contributed by atoms with Gasteiger partial charge >= 0.3 is 0 Å². The van der Waals surface area contributed by atoms with Gasteiger partial charge in [0.25, 0.3) is 0 Å². The van der Waals surface area contributed by atoms with Crippen LogP contribution in [0.25, 0.3) is 0 Å². The smallest absolute Gasteiger partial charge is 0.146 e. The number of hydrogen-bond donors (Lipinski definition) is 1. The first-order chi connectivity index (χ1) is 12.3. The third kappa shape index (κ3) is 4.38. The quantitative estimate of drug-likeness (QED) is 0.588. The maximum absolute atomic E-state index is 4.74. The van der Waals surface area contributed by atoms with E-state index in [9.17, 15) is 0 Å². The summed E-state index contributed by atoms with van der Waals surface area (Å²) in [4.78, 5) is 14.9. The zero-order valence-electron chi connectivity index (χ0n) is 14.1. The summed E-state index contributed by atoms with van der Waals surface area (Å²) >= 11 is 3.48. The second-order valence-corrected chi connectivity index (χ2v) is 8.55. The predicted octanol–water partition coefficient (Wildman–Crippen LogP) is 5.10. The fourth-order valence-electron chi connectivity index (χ4n) is 2.70. The van der Waals surface area contributed by atoms with Crippen LogP contribution in [0.1, 0.15) is 34.3 Å². The molecule has 3 aromatic rings. The van der Waals surface area contributed by atoms with Gasteiger partial charge in [0.05, 0.1) is 18.4 Å². The summed E-state index contributed by atoms with van der Waals surface area (Å²) in [5, 5.41) is 5.67. The van der Waals surface area contributed by atoms with Gasteiger partial charge in [-0.2, -0.15) is 0 Å². The van der Waals surface area contributed by atoms with Crippen molar-refractivity contribution in [2.75, 3.05) is 5.32 Å². The van der Waals surface area contributed by atoms with Crippen molar-refractivity contribution in [2.24, 2.45) is 5.92 Å². The fraction of sp³-hybridized carbons (Fsp3) is 0.316. The van der Waals surface area contributed by atoms with Gasteiger partial charge in [-0.25, -0.2) is 9.97 Å². The van der Waals surface area contributed by atoms with Gasteiger partial charge < -0.3 is 5.32 Å². The van der Waals surface area contributed by atoms with Gasteiger partial charge in [-0.15, -0.1) is 23.1 Å². The average molecular weight is 369 g/mol. The average Bonchev–Trinajstić information content (AvgIpc) is 3.40. The minimum Gasteiger partial charge on any atom is -0.359 e. The van der Waals surface area contributed by atoms with Crippen LogP contribution >= 0.6 is 23.1 Å². The largest absolute Gasteiger partial charge is 0.359 e. The fourth-order valence-corrected chi connectivity index (χ4v) is 4.43. The van der Waals surface area contributed by atoms with Gasteiger partial charge in [0.1, 0.15) is 15.9 Å². The van der Waals surface area contributed by atoms with Crippen molar-refractivity contribution >= 4 is 28.9 Å². The van der Waals surface area contributed by atoms with Gasteiger partial charge in [-0.3, -0.25) is 4.98 Å². The van der Waals surface area contributed by atoms with E-state index in [1.807, 2.05) is 24.7 Å². The number of nitrogens with one attached hydrogen (secondary N) is 1. The molecule has 4 rings (SSSR count). The molecule has 0 bridgehead atoms. The Balaban J connectivity index is 1.45. The molecule has 128 valence electrons. The standard InChI is InChI=1S/C19H20N4S2/c1-13-9-21-19(25-13)18(15-7-8-15)23-16-10-20-11-17(22-16)24-12-14-5-3-2-4-6-14/h2-6,9-11,15,18H,7-8,12H2,1H3,(H,22,23). The van der Waals surface area contributed by atoms with E-state index in [4.69, 9.17) is 4.98 Å². The lowest BCUT2D eigenvalue weighted by Gasteiger charge is -2.16. The van der Waals surface area contributed by atoms with Crippen LogP contribution in [-0.2, 0) is 5.75 Å². The highest BCUT2D eigenvalue weighted by atomic mass is 32.2. The van der Waals surface area contributed by atoms with Gasteiger partial charge in [-0.05, 0) is 31.2 Å². The highest BCUT2D eigenvalue weighted by Gasteiger charge is 2.34. The molecular formula is C19H20N4S2. The number of aryl methyl sites for hydroxylation is 1. The summed E-state index contributed by atoms with van der Waals surface area (Å²) in [5.74, 6) is 2.40. The van der Waals surface area contributed by atoms with E-state index in [1.165, 1.54) is 23.3 Å². The van der Waals surface area contributed by atoms with Crippen molar-refractivity contribution in [3.63, 3.8) is 0 Å². The van der Waals surface area contributed by atoms with E-state index in [2.05, 4.69) is 46.5 Å². The van der Waals surface area contributed by atoms with Gasteiger partial charge in [-0.1, -0.05) is 30.3 Å². The van der Waals surface area contributed by atoms with Crippen molar-refractivity contribution in [1.82, 2.24) is 15.0 Å². The van der Waals surface area contributed by atoms with Crippen LogP contribution in [0.5, 0.6) is 0 Å². The predicted molar refractivity (Wildman–Crippen MR) is 104 cm³/mol. The van der Waals surface area contributed by atoms with Gasteiger partial charge in [0.15, 0.2) is 0 Å². The Bertz CT molecular complexity index is 830. The molecule has 1 aliphatic rings. The Morgan fingerprint density at radius 3 is 2.76 bits per heavy atom. The summed E-state index contributed by atoms with van der Waals surface area (Å²) in [7, 11) is 0. The number of thiazole rings is 1. The molecule has 2 heterocycles. The molecule has 1 saturated carbocycles. The number of nitrogens with zero attached hydrogens (tertiary/aromatic N) is 3. The minimum absolute atomic E-state index is 0.252. The van der Waals surface area contributed by atoms with Crippen molar-refractivity contribution in [3.05, 3.63) is 64.4 Å². The highest BCUT2D eigenvalue weighted by molar-refractivity contribution is 7.98. The lowest BCUT2D eigenvalue weighted by atomic mass is 10.2. The molecular weight excluding hydrogens is 348 g/mol. The first-order valence-electron chi connectivity index (χ1n) is 8.45. The van der Waals surface area contributed by atoms with E-state index >= 15 is 0 Å². The van der Waals surface area contributed by atoms with E-state index in [0.29, 0.717) is 5.92 Å². The summed E-state index contributed by atoms with van der Waals surface area (Å²) in [5.41, 5.74) is 1.29. The summed E-state index contributed by atoms with van der Waals surface area (Å²) in [6, 6.07) is 10.7. The Labute approximate surface area is 156 Å². The molecule has 1 fully saturated rings. The zero-order chi connectivity index (χ0) is 17.1. The van der Waals surface area contributed by atoms with Crippen LogP contribution in [-0.4, -0.2) is 15.0 Å². The molecule has 0 radical (unpaired) electrons. The molecule has 25 heavy (non-hydrogen) atoms. The number of hydrogen-bond acceptors (Lipinski definition) is 6. The Hall–Kier alpha value is -1.92. The number of rotatable bonds is 7. The first-order valence-corrected chi connectivity index (χ1v) is 10.3. The van der Waals surface area contributed by atoms with Crippen molar-refractivity contribution in [1.29, 1.82) is 0 Å². The molecule has 0 spiro atoms. The Kier molecular flexibility index (Phi) is 4.99. The minimum atomic E-state index is 0.252. The molecule has 4 nitrogen and oxygen atoms in total. The van der Waals surface area contributed by atoms with E-state index in [1.54, 1.807) is 23.1 Å².